The van der Waals surface area contributed by atoms with E-state index < -0.39 is 11.7 Å². The maximum absolute atomic E-state index is 12.5. The van der Waals surface area contributed by atoms with E-state index in [-0.39, 0.29) is 0 Å². The van der Waals surface area contributed by atoms with Gasteiger partial charge in [0.05, 0.1) is 11.3 Å². The van der Waals surface area contributed by atoms with E-state index in [0.29, 0.717) is 16.5 Å². The minimum atomic E-state index is -4.34. The molecule has 1 aromatic carbocycles. The van der Waals surface area contributed by atoms with Gasteiger partial charge in [-0.25, -0.2) is 9.97 Å². The van der Waals surface area contributed by atoms with Crippen LogP contribution in [0.15, 0.2) is 24.3 Å². The van der Waals surface area contributed by atoms with E-state index in [4.69, 9.17) is 11.6 Å². The number of alkyl halides is 3. The summed E-state index contributed by atoms with van der Waals surface area (Å²) in [6.45, 7) is 0. The molecule has 2 nitrogen and oxygen atoms in total. The van der Waals surface area contributed by atoms with Gasteiger partial charge in [-0.3, -0.25) is 0 Å². The first-order valence-electron chi connectivity index (χ1n) is 5.76. The molecule has 104 valence electrons. The van der Waals surface area contributed by atoms with Crippen LogP contribution in [0.1, 0.15) is 16.8 Å². The van der Waals surface area contributed by atoms with Crippen LogP contribution in [0.2, 0.25) is 5.15 Å². The first-order valence-corrected chi connectivity index (χ1v) is 7.29. The van der Waals surface area contributed by atoms with Crippen molar-refractivity contribution in [1.82, 2.24) is 9.97 Å². The first kappa shape index (κ1) is 13.7. The SMILES string of the molecule is FC(F)(F)c1ccc(-c2nc(Cl)c3c(n2)CSC3)cc1. The summed E-state index contributed by atoms with van der Waals surface area (Å²) in [6, 6.07) is 4.77. The summed E-state index contributed by atoms with van der Waals surface area (Å²) in [5.41, 5.74) is 1.63. The Bertz CT molecular complexity index is 656. The molecule has 0 fully saturated rings. The molecule has 0 aliphatic carbocycles. The van der Waals surface area contributed by atoms with Gasteiger partial charge in [0.15, 0.2) is 5.82 Å². The Kier molecular flexibility index (Phi) is 3.38. The fraction of sp³-hybridized carbons (Fsp3) is 0.231. The molecule has 0 unspecified atom stereocenters. The van der Waals surface area contributed by atoms with Gasteiger partial charge in [0.25, 0.3) is 0 Å². The van der Waals surface area contributed by atoms with Gasteiger partial charge in [-0.2, -0.15) is 24.9 Å². The van der Waals surface area contributed by atoms with Crippen LogP contribution in [-0.2, 0) is 17.7 Å². The predicted molar refractivity (Wildman–Crippen MR) is 72.5 cm³/mol. The lowest BCUT2D eigenvalue weighted by atomic mass is 10.1. The van der Waals surface area contributed by atoms with Gasteiger partial charge in [0.1, 0.15) is 5.15 Å². The number of hydrogen-bond acceptors (Lipinski definition) is 3. The van der Waals surface area contributed by atoms with Crippen LogP contribution >= 0.6 is 23.4 Å². The van der Waals surface area contributed by atoms with Gasteiger partial charge in [0.2, 0.25) is 0 Å². The monoisotopic (exact) mass is 316 g/mol. The Balaban J connectivity index is 2.00. The number of halogens is 4. The Hall–Kier alpha value is -1.27. The van der Waals surface area contributed by atoms with E-state index in [1.165, 1.54) is 12.1 Å². The Labute approximate surface area is 122 Å². The zero-order valence-electron chi connectivity index (χ0n) is 10.0. The van der Waals surface area contributed by atoms with Gasteiger partial charge in [0, 0.05) is 22.6 Å². The fourth-order valence-electron chi connectivity index (χ4n) is 1.95. The zero-order valence-corrected chi connectivity index (χ0v) is 11.6. The maximum Gasteiger partial charge on any atom is 0.416 e. The molecule has 0 spiro atoms. The molecule has 2 heterocycles. The van der Waals surface area contributed by atoms with E-state index in [1.807, 2.05) is 0 Å². The van der Waals surface area contributed by atoms with Crippen molar-refractivity contribution in [2.75, 3.05) is 0 Å². The highest BCUT2D eigenvalue weighted by Gasteiger charge is 2.30. The summed E-state index contributed by atoms with van der Waals surface area (Å²) in [7, 11) is 0. The van der Waals surface area contributed by atoms with Crippen molar-refractivity contribution in [3.05, 3.63) is 46.2 Å². The minimum absolute atomic E-state index is 0.366. The topological polar surface area (TPSA) is 25.8 Å². The summed E-state index contributed by atoms with van der Waals surface area (Å²) in [5, 5.41) is 0.384. The van der Waals surface area contributed by atoms with Crippen LogP contribution in [-0.4, -0.2) is 9.97 Å². The van der Waals surface area contributed by atoms with Gasteiger partial charge < -0.3 is 0 Å². The lowest BCUT2D eigenvalue weighted by molar-refractivity contribution is -0.137. The van der Waals surface area contributed by atoms with Crippen molar-refractivity contribution in [3.8, 4) is 11.4 Å². The minimum Gasteiger partial charge on any atom is -0.232 e. The summed E-state index contributed by atoms with van der Waals surface area (Å²) in [6.07, 6.45) is -4.34. The largest absolute Gasteiger partial charge is 0.416 e. The third-order valence-corrected chi connectivity index (χ3v) is 4.28. The van der Waals surface area contributed by atoms with Crippen molar-refractivity contribution in [2.24, 2.45) is 0 Å². The van der Waals surface area contributed by atoms with Crippen molar-refractivity contribution < 1.29 is 13.2 Å². The predicted octanol–water partition coefficient (Wildman–Crippen LogP) is 4.56. The number of rotatable bonds is 1. The number of hydrogen-bond donors (Lipinski definition) is 0. The third-order valence-electron chi connectivity index (χ3n) is 3.00. The molecule has 0 atom stereocenters. The normalized spacial score (nSPS) is 14.4. The standard InChI is InChI=1S/C13H8ClF3N2S/c14-11-9-5-20-6-10(9)18-12(19-11)7-1-3-8(4-2-7)13(15,16)17/h1-4H,5-6H2. The average molecular weight is 317 g/mol. The molecule has 1 aliphatic rings. The lowest BCUT2D eigenvalue weighted by Crippen LogP contribution is -2.04. The molecular formula is C13H8ClF3N2S. The van der Waals surface area contributed by atoms with Crippen LogP contribution in [0.4, 0.5) is 13.2 Å². The van der Waals surface area contributed by atoms with Gasteiger partial charge in [-0.1, -0.05) is 23.7 Å². The highest BCUT2D eigenvalue weighted by Crippen LogP contribution is 2.35. The van der Waals surface area contributed by atoms with E-state index in [0.717, 1.165) is 34.9 Å². The number of fused-ring (bicyclic) bond motifs is 1. The zero-order chi connectivity index (χ0) is 14.3. The number of aromatic nitrogens is 2. The molecule has 7 heteroatoms. The van der Waals surface area contributed by atoms with E-state index in [2.05, 4.69) is 9.97 Å². The second kappa shape index (κ2) is 4.93. The maximum atomic E-state index is 12.5. The first-order chi connectivity index (χ1) is 9.45. The van der Waals surface area contributed by atoms with Crippen LogP contribution in [0.3, 0.4) is 0 Å². The molecular weight excluding hydrogens is 309 g/mol. The fourth-order valence-corrected chi connectivity index (χ4v) is 3.33. The van der Waals surface area contributed by atoms with E-state index in [9.17, 15) is 13.2 Å². The molecule has 0 radical (unpaired) electrons. The van der Waals surface area contributed by atoms with Crippen LogP contribution in [0, 0.1) is 0 Å². The van der Waals surface area contributed by atoms with Crippen molar-refractivity contribution in [1.29, 1.82) is 0 Å². The Morgan fingerprint density at radius 3 is 2.40 bits per heavy atom. The molecule has 0 amide bonds. The third kappa shape index (κ3) is 2.50. The molecule has 20 heavy (non-hydrogen) atoms. The van der Waals surface area contributed by atoms with Gasteiger partial charge in [-0.15, -0.1) is 0 Å². The summed E-state index contributed by atoms with van der Waals surface area (Å²) in [5.74, 6) is 1.90. The van der Waals surface area contributed by atoms with Crippen LogP contribution in [0.25, 0.3) is 11.4 Å². The molecule has 0 saturated carbocycles. The van der Waals surface area contributed by atoms with Crippen molar-refractivity contribution in [3.63, 3.8) is 0 Å². The second-order valence-corrected chi connectivity index (χ2v) is 5.67. The second-order valence-electron chi connectivity index (χ2n) is 4.33. The van der Waals surface area contributed by atoms with Crippen LogP contribution < -0.4 is 0 Å². The smallest absolute Gasteiger partial charge is 0.232 e. The highest BCUT2D eigenvalue weighted by molar-refractivity contribution is 7.98. The number of benzene rings is 1. The summed E-state index contributed by atoms with van der Waals surface area (Å²) < 4.78 is 37.5. The van der Waals surface area contributed by atoms with E-state index in [1.54, 1.807) is 11.8 Å². The molecule has 1 aromatic heterocycles. The molecule has 3 rings (SSSR count). The molecule has 0 N–H and O–H groups in total. The highest BCUT2D eigenvalue weighted by atomic mass is 35.5. The van der Waals surface area contributed by atoms with Crippen LogP contribution in [0.5, 0.6) is 0 Å². The Morgan fingerprint density at radius 2 is 1.75 bits per heavy atom. The van der Waals surface area contributed by atoms with Gasteiger partial charge >= 0.3 is 6.18 Å². The molecule has 2 aromatic rings. The summed E-state index contributed by atoms with van der Waals surface area (Å²) in [4.78, 5) is 8.55. The number of nitrogens with zero attached hydrogens (tertiary/aromatic N) is 2. The Morgan fingerprint density at radius 1 is 1.05 bits per heavy atom. The average Bonchev–Trinajstić information content (AvgIpc) is 2.86. The molecule has 0 saturated heterocycles. The molecule has 0 bridgehead atoms. The summed E-state index contributed by atoms with van der Waals surface area (Å²) >= 11 is 7.78. The lowest BCUT2D eigenvalue weighted by Gasteiger charge is -2.08. The van der Waals surface area contributed by atoms with Crippen molar-refractivity contribution in [2.45, 2.75) is 17.7 Å². The van der Waals surface area contributed by atoms with Gasteiger partial charge in [-0.05, 0) is 12.1 Å². The van der Waals surface area contributed by atoms with E-state index >= 15 is 0 Å². The van der Waals surface area contributed by atoms with Crippen molar-refractivity contribution >= 4 is 23.4 Å². The molecule has 1 aliphatic heterocycles. The number of thioether (sulfide) groups is 1. The quantitative estimate of drug-likeness (QED) is 0.721.